The molecule has 0 spiro atoms. The van der Waals surface area contributed by atoms with E-state index in [2.05, 4.69) is 5.32 Å². The molecular weight excluding hydrogens is 491 g/mol. The van der Waals surface area contributed by atoms with E-state index in [1.165, 1.54) is 17.0 Å². The average Bonchev–Trinajstić information content (AvgIpc) is 3.44. The molecular formula is C23H17Cl3N2O5. The Kier molecular flexibility index (Phi) is 5.61. The van der Waals surface area contributed by atoms with Crippen LogP contribution >= 0.6 is 34.8 Å². The number of alkyl carbamates (subject to hydrolysis) is 1. The number of nitrogens with one attached hydrogen (secondary N) is 1. The Morgan fingerprint density at radius 3 is 2.55 bits per heavy atom. The number of hydrogen-bond acceptors (Lipinski definition) is 5. The zero-order chi connectivity index (χ0) is 23.3. The van der Waals surface area contributed by atoms with Gasteiger partial charge in [0.1, 0.15) is 12.2 Å². The number of hydrogen-bond donors (Lipinski definition) is 1. The van der Waals surface area contributed by atoms with Gasteiger partial charge in [0.25, 0.3) is 0 Å². The molecule has 3 heterocycles. The molecule has 2 aromatic rings. The van der Waals surface area contributed by atoms with Crippen LogP contribution in [0.3, 0.4) is 0 Å². The third-order valence-corrected chi connectivity index (χ3v) is 7.20. The van der Waals surface area contributed by atoms with Crippen molar-refractivity contribution in [1.82, 2.24) is 5.32 Å². The van der Waals surface area contributed by atoms with Gasteiger partial charge in [-0.15, -0.1) is 0 Å². The maximum absolute atomic E-state index is 13.3. The minimum atomic E-state index is -1.12. The first kappa shape index (κ1) is 22.2. The second kappa shape index (κ2) is 8.33. The molecule has 2 fully saturated rings. The van der Waals surface area contributed by atoms with E-state index in [1.807, 2.05) is 6.07 Å². The first-order valence-corrected chi connectivity index (χ1v) is 11.3. The number of ether oxygens (including phenoxy) is 2. The molecule has 0 saturated carbocycles. The van der Waals surface area contributed by atoms with Gasteiger partial charge in [0.15, 0.2) is 0 Å². The zero-order valence-electron chi connectivity index (χ0n) is 17.0. The highest BCUT2D eigenvalue weighted by molar-refractivity contribution is 6.43. The predicted octanol–water partition coefficient (Wildman–Crippen LogP) is 4.39. The summed E-state index contributed by atoms with van der Waals surface area (Å²) in [5.74, 6) is -2.01. The van der Waals surface area contributed by atoms with Crippen LogP contribution < -0.4 is 10.2 Å². The number of fused-ring (bicyclic) bond motifs is 5. The van der Waals surface area contributed by atoms with Crippen LogP contribution in [0.25, 0.3) is 0 Å². The van der Waals surface area contributed by atoms with E-state index in [0.717, 1.165) is 0 Å². The third-order valence-electron chi connectivity index (χ3n) is 6.13. The van der Waals surface area contributed by atoms with Gasteiger partial charge in [0.2, 0.25) is 11.8 Å². The van der Waals surface area contributed by atoms with Crippen molar-refractivity contribution in [2.24, 2.45) is 11.8 Å². The number of amides is 3. The minimum absolute atomic E-state index is 0.0310. The molecule has 1 N–H and O–H groups in total. The Morgan fingerprint density at radius 2 is 1.79 bits per heavy atom. The van der Waals surface area contributed by atoms with Gasteiger partial charge >= 0.3 is 6.09 Å². The summed E-state index contributed by atoms with van der Waals surface area (Å²) in [5.41, 5.74) is -0.110. The van der Waals surface area contributed by atoms with Gasteiger partial charge in [-0.2, -0.15) is 0 Å². The van der Waals surface area contributed by atoms with Gasteiger partial charge in [-0.1, -0.05) is 65.2 Å². The molecule has 0 unspecified atom stereocenters. The topological polar surface area (TPSA) is 84.9 Å². The number of para-hydroxylation sites is 1. The van der Waals surface area contributed by atoms with E-state index in [1.54, 1.807) is 36.4 Å². The second-order valence-corrected chi connectivity index (χ2v) is 9.26. The lowest BCUT2D eigenvalue weighted by atomic mass is 9.77. The summed E-state index contributed by atoms with van der Waals surface area (Å²) in [6.07, 6.45) is 2.26. The van der Waals surface area contributed by atoms with Gasteiger partial charge < -0.3 is 14.8 Å². The highest BCUT2D eigenvalue weighted by Gasteiger charge is 2.67. The first-order chi connectivity index (χ1) is 15.8. The number of anilines is 1. The van der Waals surface area contributed by atoms with Crippen LogP contribution in [-0.2, 0) is 25.7 Å². The van der Waals surface area contributed by atoms with E-state index in [4.69, 9.17) is 44.3 Å². The fraction of sp³-hybridized carbons (Fsp3) is 0.261. The number of halogens is 3. The SMILES string of the molecule is O=C(NC[C@@]12C=C[C@@H](O1)[C@H]1C(=O)N(c3ccccc3)C(=O)[C@@H]12)OCc1cc(Cl)c(Cl)cc1Cl. The molecule has 10 heteroatoms. The Bertz CT molecular complexity index is 1190. The van der Waals surface area contributed by atoms with Crippen molar-refractivity contribution in [2.45, 2.75) is 18.3 Å². The van der Waals surface area contributed by atoms with Crippen LogP contribution in [0.5, 0.6) is 0 Å². The van der Waals surface area contributed by atoms with Crippen molar-refractivity contribution in [3.63, 3.8) is 0 Å². The maximum Gasteiger partial charge on any atom is 0.407 e. The molecule has 3 aliphatic rings. The number of imide groups is 1. The van der Waals surface area contributed by atoms with Crippen molar-refractivity contribution >= 4 is 58.4 Å². The third kappa shape index (κ3) is 3.69. The molecule has 5 rings (SSSR count). The molecule has 3 amide bonds. The van der Waals surface area contributed by atoms with Crippen LogP contribution in [-0.4, -0.2) is 36.2 Å². The Morgan fingerprint density at radius 1 is 1.06 bits per heavy atom. The molecule has 0 aliphatic carbocycles. The van der Waals surface area contributed by atoms with Gasteiger partial charge in [-0.25, -0.2) is 9.69 Å². The van der Waals surface area contributed by atoms with Crippen molar-refractivity contribution in [2.75, 3.05) is 11.4 Å². The van der Waals surface area contributed by atoms with E-state index in [-0.39, 0.29) is 25.0 Å². The number of carbonyl (C=O) groups excluding carboxylic acids is 3. The molecule has 0 aromatic heterocycles. The molecule has 0 radical (unpaired) electrons. The lowest BCUT2D eigenvalue weighted by Gasteiger charge is -2.28. The molecule has 33 heavy (non-hydrogen) atoms. The predicted molar refractivity (Wildman–Crippen MR) is 122 cm³/mol. The van der Waals surface area contributed by atoms with Gasteiger partial charge in [-0.3, -0.25) is 9.59 Å². The summed E-state index contributed by atoms with van der Waals surface area (Å²) in [4.78, 5) is 39.9. The van der Waals surface area contributed by atoms with Crippen LogP contribution in [0.15, 0.2) is 54.6 Å². The quantitative estimate of drug-likeness (QED) is 0.369. The Labute approximate surface area is 204 Å². The van der Waals surface area contributed by atoms with Crippen molar-refractivity contribution in [3.8, 4) is 0 Å². The molecule has 2 saturated heterocycles. The van der Waals surface area contributed by atoms with Crippen LogP contribution in [0.1, 0.15) is 5.56 Å². The fourth-order valence-electron chi connectivity index (χ4n) is 4.62. The Balaban J connectivity index is 1.27. The van der Waals surface area contributed by atoms with Crippen molar-refractivity contribution in [1.29, 1.82) is 0 Å². The average molecular weight is 508 g/mol. The normalized spacial score (nSPS) is 27.2. The second-order valence-electron chi connectivity index (χ2n) is 8.03. The van der Waals surface area contributed by atoms with E-state index in [0.29, 0.717) is 26.3 Å². The zero-order valence-corrected chi connectivity index (χ0v) is 19.2. The number of carbonyl (C=O) groups is 3. The van der Waals surface area contributed by atoms with Crippen LogP contribution in [0.2, 0.25) is 15.1 Å². The largest absolute Gasteiger partial charge is 0.445 e. The highest BCUT2D eigenvalue weighted by atomic mass is 35.5. The highest BCUT2D eigenvalue weighted by Crippen LogP contribution is 2.52. The summed E-state index contributed by atoms with van der Waals surface area (Å²) in [6.45, 7) is -0.157. The maximum atomic E-state index is 13.3. The molecule has 7 nitrogen and oxygen atoms in total. The smallest absolute Gasteiger partial charge is 0.407 e. The lowest BCUT2D eigenvalue weighted by molar-refractivity contribution is -0.126. The number of benzene rings is 2. The van der Waals surface area contributed by atoms with Crippen molar-refractivity contribution in [3.05, 3.63) is 75.2 Å². The Hall–Kier alpha value is -2.58. The summed E-state index contributed by atoms with van der Waals surface area (Å²) in [6, 6.07) is 11.8. The molecule has 2 bridgehead atoms. The minimum Gasteiger partial charge on any atom is -0.445 e. The van der Waals surface area contributed by atoms with Gasteiger partial charge in [0.05, 0.1) is 40.2 Å². The van der Waals surface area contributed by atoms with Gasteiger partial charge in [-0.05, 0) is 24.3 Å². The van der Waals surface area contributed by atoms with Crippen LogP contribution in [0.4, 0.5) is 10.5 Å². The summed E-state index contributed by atoms with van der Waals surface area (Å²) >= 11 is 18.0. The summed E-state index contributed by atoms with van der Waals surface area (Å²) < 4.78 is 11.2. The van der Waals surface area contributed by atoms with E-state index < -0.39 is 29.6 Å². The number of rotatable bonds is 5. The lowest BCUT2D eigenvalue weighted by Crippen LogP contribution is -2.49. The summed E-state index contributed by atoms with van der Waals surface area (Å²) in [5, 5.41) is 3.54. The number of nitrogens with zero attached hydrogens (tertiary/aromatic N) is 1. The molecule has 3 aliphatic heterocycles. The van der Waals surface area contributed by atoms with Crippen LogP contribution in [0, 0.1) is 11.8 Å². The van der Waals surface area contributed by atoms with Crippen molar-refractivity contribution < 1.29 is 23.9 Å². The van der Waals surface area contributed by atoms with Gasteiger partial charge in [0, 0.05) is 10.6 Å². The molecule has 4 atom stereocenters. The fourth-order valence-corrected chi connectivity index (χ4v) is 5.24. The standard InChI is InChI=1S/C23H17Cl3N2O5/c24-14-9-16(26)15(25)8-12(14)10-32-22(31)27-11-23-7-6-17(33-23)18-19(23)21(30)28(20(18)29)13-4-2-1-3-5-13/h1-9,17-19H,10-11H2,(H,27,31)/t17-,18-,19-,23-/m1/s1. The van der Waals surface area contributed by atoms with E-state index >= 15 is 0 Å². The molecule has 2 aromatic carbocycles. The van der Waals surface area contributed by atoms with E-state index in [9.17, 15) is 14.4 Å². The first-order valence-electron chi connectivity index (χ1n) is 10.1. The molecule has 170 valence electrons. The monoisotopic (exact) mass is 506 g/mol. The summed E-state index contributed by atoms with van der Waals surface area (Å²) in [7, 11) is 0.